The number of hydrogen-bond acceptors (Lipinski definition) is 4. The van der Waals surface area contributed by atoms with Crippen LogP contribution >= 0.6 is 23.4 Å². The van der Waals surface area contributed by atoms with Crippen molar-refractivity contribution in [2.75, 3.05) is 11.1 Å². The number of carbonyl (C=O) groups excluding carboxylic acids is 1. The van der Waals surface area contributed by atoms with Gasteiger partial charge in [-0.25, -0.2) is 4.98 Å². The highest BCUT2D eigenvalue weighted by atomic mass is 35.5. The number of nitrogens with one attached hydrogen (secondary N) is 1. The van der Waals surface area contributed by atoms with Crippen molar-refractivity contribution < 1.29 is 4.79 Å². The summed E-state index contributed by atoms with van der Waals surface area (Å²) in [6.45, 7) is 3.87. The predicted octanol–water partition coefficient (Wildman–Crippen LogP) is 5.37. The normalized spacial score (nSPS) is 11.3. The van der Waals surface area contributed by atoms with Gasteiger partial charge in [-0.1, -0.05) is 65.8 Å². The maximum Gasteiger partial charge on any atom is 0.278 e. The lowest BCUT2D eigenvalue weighted by atomic mass is 10.1. The molecule has 2 aromatic carbocycles. The fourth-order valence-corrected chi connectivity index (χ4v) is 4.70. The van der Waals surface area contributed by atoms with Crippen LogP contribution in [-0.2, 0) is 11.8 Å². The van der Waals surface area contributed by atoms with E-state index in [2.05, 4.69) is 5.32 Å². The molecule has 0 aliphatic heterocycles. The van der Waals surface area contributed by atoms with Crippen LogP contribution in [-0.4, -0.2) is 25.8 Å². The molecule has 2 heterocycles. The van der Waals surface area contributed by atoms with Crippen molar-refractivity contribution >= 4 is 46.0 Å². The zero-order chi connectivity index (χ0) is 22.8. The molecule has 1 N–H and O–H groups in total. The number of halogens is 1. The second-order valence-corrected chi connectivity index (χ2v) is 9.05. The monoisotopic (exact) mass is 466 g/mol. The summed E-state index contributed by atoms with van der Waals surface area (Å²) in [6, 6.07) is 16.8. The summed E-state index contributed by atoms with van der Waals surface area (Å²) < 4.78 is 3.47. The average molecular weight is 467 g/mol. The van der Waals surface area contributed by atoms with E-state index in [-0.39, 0.29) is 23.3 Å². The molecule has 0 aliphatic carbocycles. The first-order chi connectivity index (χ1) is 15.4. The number of anilines is 1. The van der Waals surface area contributed by atoms with E-state index in [1.165, 1.54) is 11.8 Å². The standard InChI is InChI=1S/C24H23ClN4O2S/c1-15(2)29-23(31)22-21(17(13-28(22)3)16-9-5-4-6-10-16)27-24(29)32-14-20(30)26-19-12-8-7-11-18(19)25/h4-13,15H,14H2,1-3H3,(H,26,30). The molecule has 4 rings (SSSR count). The molecule has 2 aromatic heterocycles. The third kappa shape index (κ3) is 4.31. The number of nitrogens with zero attached hydrogens (tertiary/aromatic N) is 3. The molecule has 0 spiro atoms. The Morgan fingerprint density at radius 1 is 1.12 bits per heavy atom. The number of rotatable bonds is 6. The first-order valence-electron chi connectivity index (χ1n) is 10.2. The van der Waals surface area contributed by atoms with Crippen LogP contribution < -0.4 is 10.9 Å². The number of carbonyl (C=O) groups is 1. The molecular weight excluding hydrogens is 444 g/mol. The van der Waals surface area contributed by atoms with Gasteiger partial charge in [-0.2, -0.15) is 0 Å². The molecule has 32 heavy (non-hydrogen) atoms. The number of hydrogen-bond donors (Lipinski definition) is 1. The van der Waals surface area contributed by atoms with Gasteiger partial charge in [-0.15, -0.1) is 0 Å². The van der Waals surface area contributed by atoms with E-state index >= 15 is 0 Å². The van der Waals surface area contributed by atoms with Crippen LogP contribution in [0.5, 0.6) is 0 Å². The number of aryl methyl sites for hydroxylation is 1. The van der Waals surface area contributed by atoms with Gasteiger partial charge in [-0.05, 0) is 31.5 Å². The summed E-state index contributed by atoms with van der Waals surface area (Å²) in [6.07, 6.45) is 1.93. The Labute approximate surface area is 195 Å². The third-order valence-corrected chi connectivity index (χ3v) is 6.35. The van der Waals surface area contributed by atoms with Crippen molar-refractivity contribution in [3.63, 3.8) is 0 Å². The first-order valence-corrected chi connectivity index (χ1v) is 11.6. The SMILES string of the molecule is CC(C)n1c(SCC(=O)Nc2ccccc2Cl)nc2c(-c3ccccc3)cn(C)c2c1=O. The highest BCUT2D eigenvalue weighted by Crippen LogP contribution is 2.30. The molecule has 6 nitrogen and oxygen atoms in total. The first kappa shape index (κ1) is 22.2. The lowest BCUT2D eigenvalue weighted by Gasteiger charge is -2.16. The van der Waals surface area contributed by atoms with Gasteiger partial charge in [0.2, 0.25) is 5.91 Å². The zero-order valence-corrected chi connectivity index (χ0v) is 19.6. The molecule has 0 radical (unpaired) electrons. The lowest BCUT2D eigenvalue weighted by Crippen LogP contribution is -2.26. The van der Waals surface area contributed by atoms with E-state index in [4.69, 9.17) is 16.6 Å². The van der Waals surface area contributed by atoms with Crippen molar-refractivity contribution in [3.8, 4) is 11.1 Å². The Balaban J connectivity index is 1.71. The fraction of sp³-hybridized carbons (Fsp3) is 0.208. The van der Waals surface area contributed by atoms with Gasteiger partial charge < -0.3 is 9.88 Å². The van der Waals surface area contributed by atoms with E-state index in [1.54, 1.807) is 28.8 Å². The smallest absolute Gasteiger partial charge is 0.278 e. The molecule has 0 fully saturated rings. The quantitative estimate of drug-likeness (QED) is 0.306. The Hall–Kier alpha value is -3.03. The molecule has 0 saturated carbocycles. The van der Waals surface area contributed by atoms with Gasteiger partial charge in [0.15, 0.2) is 5.16 Å². The number of fused-ring (bicyclic) bond motifs is 1. The largest absolute Gasteiger partial charge is 0.344 e. The van der Waals surface area contributed by atoms with Gasteiger partial charge in [0.05, 0.1) is 16.5 Å². The fourth-order valence-electron chi connectivity index (χ4n) is 3.59. The maximum atomic E-state index is 13.4. The van der Waals surface area contributed by atoms with Crippen LogP contribution in [0.25, 0.3) is 22.2 Å². The molecule has 0 atom stereocenters. The van der Waals surface area contributed by atoms with E-state index < -0.39 is 0 Å². The van der Waals surface area contributed by atoms with E-state index in [1.807, 2.05) is 62.0 Å². The number of thioether (sulfide) groups is 1. The minimum atomic E-state index is -0.218. The molecule has 0 bridgehead atoms. The number of aromatic nitrogens is 3. The predicted molar refractivity (Wildman–Crippen MR) is 132 cm³/mol. The molecule has 4 aromatic rings. The molecule has 1 amide bonds. The lowest BCUT2D eigenvalue weighted by molar-refractivity contribution is -0.113. The molecule has 0 unspecified atom stereocenters. The highest BCUT2D eigenvalue weighted by molar-refractivity contribution is 7.99. The van der Waals surface area contributed by atoms with Crippen LogP contribution in [0.2, 0.25) is 5.02 Å². The minimum Gasteiger partial charge on any atom is -0.344 e. The molecular formula is C24H23ClN4O2S. The average Bonchev–Trinajstić information content (AvgIpc) is 3.11. The minimum absolute atomic E-state index is 0.101. The van der Waals surface area contributed by atoms with Crippen molar-refractivity contribution in [1.82, 2.24) is 14.1 Å². The number of para-hydroxylation sites is 1. The Morgan fingerprint density at radius 2 is 1.81 bits per heavy atom. The Kier molecular flexibility index (Phi) is 6.39. The van der Waals surface area contributed by atoms with Gasteiger partial charge >= 0.3 is 0 Å². The maximum absolute atomic E-state index is 13.4. The van der Waals surface area contributed by atoms with Crippen molar-refractivity contribution in [3.05, 3.63) is 76.2 Å². The van der Waals surface area contributed by atoms with Gasteiger partial charge in [0.1, 0.15) is 11.0 Å². The van der Waals surface area contributed by atoms with Crippen molar-refractivity contribution in [2.24, 2.45) is 7.05 Å². The molecule has 0 aliphatic rings. The summed E-state index contributed by atoms with van der Waals surface area (Å²) in [5, 5.41) is 3.79. The van der Waals surface area contributed by atoms with Crippen molar-refractivity contribution in [2.45, 2.75) is 25.0 Å². The van der Waals surface area contributed by atoms with E-state index in [0.29, 0.717) is 26.9 Å². The summed E-state index contributed by atoms with van der Waals surface area (Å²) in [4.78, 5) is 30.8. The molecule has 0 saturated heterocycles. The second-order valence-electron chi connectivity index (χ2n) is 7.70. The zero-order valence-electron chi connectivity index (χ0n) is 18.0. The Morgan fingerprint density at radius 3 is 2.50 bits per heavy atom. The summed E-state index contributed by atoms with van der Waals surface area (Å²) in [7, 11) is 1.85. The Bertz CT molecular complexity index is 1350. The third-order valence-electron chi connectivity index (χ3n) is 5.07. The van der Waals surface area contributed by atoms with Crippen LogP contribution in [0.3, 0.4) is 0 Å². The summed E-state index contributed by atoms with van der Waals surface area (Å²) >= 11 is 7.37. The number of benzene rings is 2. The topological polar surface area (TPSA) is 68.9 Å². The van der Waals surface area contributed by atoms with Gasteiger partial charge in [0, 0.05) is 24.8 Å². The molecule has 8 heteroatoms. The van der Waals surface area contributed by atoms with Gasteiger partial charge in [0.25, 0.3) is 5.56 Å². The number of amides is 1. The summed E-state index contributed by atoms with van der Waals surface area (Å²) in [5.74, 6) is -0.118. The van der Waals surface area contributed by atoms with Gasteiger partial charge in [-0.3, -0.25) is 14.2 Å². The van der Waals surface area contributed by atoms with E-state index in [0.717, 1.165) is 11.1 Å². The summed E-state index contributed by atoms with van der Waals surface area (Å²) in [5.41, 5.74) is 3.48. The van der Waals surface area contributed by atoms with E-state index in [9.17, 15) is 9.59 Å². The van der Waals surface area contributed by atoms with Crippen LogP contribution in [0.4, 0.5) is 5.69 Å². The van der Waals surface area contributed by atoms with Crippen LogP contribution in [0.15, 0.2) is 70.7 Å². The molecule has 164 valence electrons. The van der Waals surface area contributed by atoms with Crippen LogP contribution in [0, 0.1) is 0 Å². The van der Waals surface area contributed by atoms with Crippen LogP contribution in [0.1, 0.15) is 19.9 Å². The second kappa shape index (κ2) is 9.22. The van der Waals surface area contributed by atoms with Crippen molar-refractivity contribution in [1.29, 1.82) is 0 Å². The highest BCUT2D eigenvalue weighted by Gasteiger charge is 2.20.